The molecule has 0 radical (unpaired) electrons. The molecule has 0 heterocycles. The van der Waals surface area contributed by atoms with E-state index in [0.717, 1.165) is 0 Å². The van der Waals surface area contributed by atoms with Crippen molar-refractivity contribution in [1.29, 1.82) is 0 Å². The number of hydrogen-bond donors (Lipinski definition) is 0. The molecular weight excluding hydrogens is 166 g/mol. The summed E-state index contributed by atoms with van der Waals surface area (Å²) in [5.41, 5.74) is -0.954. The molecule has 0 aromatic heterocycles. The summed E-state index contributed by atoms with van der Waals surface area (Å²) in [6, 6.07) is 0. The highest BCUT2D eigenvalue weighted by Crippen LogP contribution is 2.52. The second kappa shape index (κ2) is 2.61. The number of carbonyl (C=O) groups excluding carboxylic acids is 2. The third-order valence-corrected chi connectivity index (χ3v) is 2.24. The highest BCUT2D eigenvalue weighted by atomic mass is 19.3. The van der Waals surface area contributed by atoms with Gasteiger partial charge in [-0.1, -0.05) is 6.92 Å². The average Bonchev–Trinajstić information content (AvgIpc) is 1.83. The maximum atomic E-state index is 12.4. The number of halogens is 2. The number of ketones is 1. The van der Waals surface area contributed by atoms with E-state index < -0.39 is 24.2 Å². The van der Waals surface area contributed by atoms with Gasteiger partial charge in [0.15, 0.2) is 0 Å². The molecule has 2 nitrogen and oxygen atoms in total. The predicted octanol–water partition coefficient (Wildman–Crippen LogP) is 1.58. The Balaban J connectivity index is 2.54. The lowest BCUT2D eigenvalue weighted by Crippen LogP contribution is -2.49. The van der Waals surface area contributed by atoms with Gasteiger partial charge in [-0.2, -0.15) is 0 Å². The van der Waals surface area contributed by atoms with Crippen molar-refractivity contribution in [2.45, 2.75) is 32.1 Å². The molecule has 4 heteroatoms. The second-order valence-corrected chi connectivity index (χ2v) is 3.56. The van der Waals surface area contributed by atoms with Gasteiger partial charge in [0.25, 0.3) is 0 Å². The van der Waals surface area contributed by atoms with E-state index >= 15 is 0 Å². The van der Waals surface area contributed by atoms with Crippen molar-refractivity contribution in [3.05, 3.63) is 0 Å². The molecule has 0 unspecified atom stereocenters. The van der Waals surface area contributed by atoms with E-state index in [2.05, 4.69) is 0 Å². The van der Waals surface area contributed by atoms with Crippen LogP contribution < -0.4 is 0 Å². The van der Waals surface area contributed by atoms with Crippen LogP contribution in [0.25, 0.3) is 0 Å². The molecule has 0 amide bonds. The molecule has 12 heavy (non-hydrogen) atoms. The van der Waals surface area contributed by atoms with Crippen LogP contribution in [0.3, 0.4) is 0 Å². The summed E-state index contributed by atoms with van der Waals surface area (Å²) in [6.45, 7) is 1.48. The fraction of sp³-hybridized carbons (Fsp3) is 0.750. The smallest absolute Gasteiger partial charge is 0.250 e. The summed E-state index contributed by atoms with van der Waals surface area (Å²) in [6.07, 6.45) is -0.601. The molecule has 0 atom stereocenters. The van der Waals surface area contributed by atoms with Crippen LogP contribution in [-0.4, -0.2) is 18.0 Å². The Labute approximate surface area is 68.9 Å². The number of rotatable bonds is 3. The van der Waals surface area contributed by atoms with Gasteiger partial charge in [0.05, 0.1) is 6.42 Å². The quantitative estimate of drug-likeness (QED) is 0.483. The summed E-state index contributed by atoms with van der Waals surface area (Å²) in [7, 11) is 0. The largest absolute Gasteiger partial charge is 0.303 e. The van der Waals surface area contributed by atoms with Crippen molar-refractivity contribution in [1.82, 2.24) is 0 Å². The van der Waals surface area contributed by atoms with Gasteiger partial charge in [0.1, 0.15) is 12.1 Å². The van der Waals surface area contributed by atoms with Crippen molar-refractivity contribution in [3.8, 4) is 0 Å². The lowest BCUT2D eigenvalue weighted by Gasteiger charge is -2.43. The second-order valence-electron chi connectivity index (χ2n) is 3.56. The molecule has 0 aromatic carbocycles. The van der Waals surface area contributed by atoms with E-state index in [0.29, 0.717) is 6.29 Å². The summed E-state index contributed by atoms with van der Waals surface area (Å²) in [5.74, 6) is -3.07. The molecule has 1 rings (SSSR count). The van der Waals surface area contributed by atoms with E-state index in [1.807, 2.05) is 0 Å². The minimum Gasteiger partial charge on any atom is -0.303 e. The first-order chi connectivity index (χ1) is 5.40. The van der Waals surface area contributed by atoms with Crippen LogP contribution in [0.5, 0.6) is 0 Å². The zero-order valence-electron chi connectivity index (χ0n) is 6.77. The zero-order valence-corrected chi connectivity index (χ0v) is 6.77. The number of alkyl halides is 2. The summed E-state index contributed by atoms with van der Waals surface area (Å²) in [5, 5.41) is 0. The molecule has 0 N–H and O–H groups in total. The molecule has 0 spiro atoms. The summed E-state index contributed by atoms with van der Waals surface area (Å²) < 4.78 is 24.8. The Morgan fingerprint density at radius 2 is 2.00 bits per heavy atom. The van der Waals surface area contributed by atoms with Gasteiger partial charge in [0.2, 0.25) is 5.92 Å². The highest BCUT2D eigenvalue weighted by Gasteiger charge is 2.56. The Kier molecular flexibility index (Phi) is 2.02. The van der Waals surface area contributed by atoms with Gasteiger partial charge in [-0.05, 0) is 0 Å². The number of aldehydes is 1. The van der Waals surface area contributed by atoms with Crippen LogP contribution >= 0.6 is 0 Å². The zero-order chi connectivity index (χ0) is 9.41. The molecule has 0 aliphatic heterocycles. The maximum Gasteiger partial charge on any atom is 0.250 e. The Morgan fingerprint density at radius 3 is 2.33 bits per heavy atom. The van der Waals surface area contributed by atoms with Crippen molar-refractivity contribution in [2.24, 2.45) is 5.41 Å². The van der Waals surface area contributed by atoms with Crippen molar-refractivity contribution >= 4 is 12.1 Å². The van der Waals surface area contributed by atoms with Crippen molar-refractivity contribution in [3.63, 3.8) is 0 Å². The average molecular weight is 176 g/mol. The Bertz CT molecular complexity index is 215. The first kappa shape index (κ1) is 9.29. The fourth-order valence-electron chi connectivity index (χ4n) is 1.61. The Morgan fingerprint density at radius 1 is 1.50 bits per heavy atom. The van der Waals surface area contributed by atoms with Gasteiger partial charge >= 0.3 is 0 Å². The SMILES string of the molecule is CC1(C(=O)CC=O)CC(F)(F)C1. The summed E-state index contributed by atoms with van der Waals surface area (Å²) in [4.78, 5) is 21.0. The third-order valence-electron chi connectivity index (χ3n) is 2.24. The molecule has 68 valence electrons. The molecule has 1 fully saturated rings. The highest BCUT2D eigenvalue weighted by molar-refractivity contribution is 5.94. The van der Waals surface area contributed by atoms with Crippen LogP contribution in [-0.2, 0) is 9.59 Å². The van der Waals surface area contributed by atoms with Gasteiger partial charge < -0.3 is 4.79 Å². The minimum absolute atomic E-state index is 0.243. The van der Waals surface area contributed by atoms with Gasteiger partial charge in [0, 0.05) is 18.3 Å². The molecule has 0 bridgehead atoms. The van der Waals surface area contributed by atoms with Crippen molar-refractivity contribution < 1.29 is 18.4 Å². The van der Waals surface area contributed by atoms with Gasteiger partial charge in [-0.3, -0.25) is 4.79 Å². The predicted molar refractivity (Wildman–Crippen MR) is 38.0 cm³/mol. The van der Waals surface area contributed by atoms with Crippen LogP contribution in [0.15, 0.2) is 0 Å². The van der Waals surface area contributed by atoms with Crippen LogP contribution in [0.4, 0.5) is 8.78 Å². The lowest BCUT2D eigenvalue weighted by atomic mass is 9.64. The third kappa shape index (κ3) is 1.52. The topological polar surface area (TPSA) is 34.1 Å². The molecule has 1 aliphatic rings. The fourth-order valence-corrected chi connectivity index (χ4v) is 1.61. The number of carbonyl (C=O) groups is 2. The monoisotopic (exact) mass is 176 g/mol. The lowest BCUT2D eigenvalue weighted by molar-refractivity contribution is -0.172. The standard InChI is InChI=1S/C8H10F2O2/c1-7(6(12)2-3-11)4-8(9,10)5-7/h3H,2,4-5H2,1H3. The first-order valence-electron chi connectivity index (χ1n) is 3.74. The Hall–Kier alpha value is -0.800. The number of hydrogen-bond acceptors (Lipinski definition) is 2. The first-order valence-corrected chi connectivity index (χ1v) is 3.74. The van der Waals surface area contributed by atoms with Crippen molar-refractivity contribution in [2.75, 3.05) is 0 Å². The maximum absolute atomic E-state index is 12.4. The van der Waals surface area contributed by atoms with Gasteiger partial charge in [-0.15, -0.1) is 0 Å². The summed E-state index contributed by atoms with van der Waals surface area (Å²) >= 11 is 0. The van der Waals surface area contributed by atoms with E-state index in [1.54, 1.807) is 0 Å². The van der Waals surface area contributed by atoms with Crippen LogP contribution in [0.2, 0.25) is 0 Å². The van der Waals surface area contributed by atoms with Crippen LogP contribution in [0, 0.1) is 5.41 Å². The molecular formula is C8H10F2O2. The van der Waals surface area contributed by atoms with E-state index in [9.17, 15) is 18.4 Å². The van der Waals surface area contributed by atoms with E-state index in [4.69, 9.17) is 0 Å². The molecule has 0 saturated heterocycles. The number of Topliss-reactive ketones (excluding diaryl/α,β-unsaturated/α-hetero) is 1. The molecule has 1 aliphatic carbocycles. The molecule has 0 aromatic rings. The van der Waals surface area contributed by atoms with E-state index in [-0.39, 0.29) is 12.2 Å². The van der Waals surface area contributed by atoms with E-state index in [1.165, 1.54) is 6.92 Å². The minimum atomic E-state index is -2.70. The molecule has 1 saturated carbocycles. The normalized spacial score (nSPS) is 24.2. The van der Waals surface area contributed by atoms with Crippen LogP contribution in [0.1, 0.15) is 26.2 Å². The van der Waals surface area contributed by atoms with Gasteiger partial charge in [-0.25, -0.2) is 8.78 Å².